The molecule has 2 heterocycles. The molecule has 2 aromatic rings. The second kappa shape index (κ2) is 18.1. The van der Waals surface area contributed by atoms with Crippen molar-refractivity contribution in [3.05, 3.63) is 60.1 Å². The standard InChI is InChI=1S/C30H44N4O4.C3H8O2/c1-21(2)32-30(37)27-15-24-10-6-7-11-25(24)18-34(27)19-28(35)26(14-22-8-4-3-5-9-22)33-29(36)17-31-16-23-12-13-38-20-23;1-3(2)5-4/h3-5,8-9,12-13,20-21,24-28,31,35H,6-7,10-11,14-19H2,1-2H3,(H,32,37)(H,33,36);3-4H,1-2H3. The number of fused-ring (bicyclic) bond motifs is 1. The summed E-state index contributed by atoms with van der Waals surface area (Å²) in [5, 5.41) is 28.4. The number of β-amino-alcohol motifs (C(OH)–C–C–N with tert-alkyl or cyclic N) is 1. The SMILES string of the molecule is CC(C)NC(=O)C1CC2CCCCC2CN1CC(O)C(Cc1ccccc1)NC(=O)CNCc1ccoc1.CC(C)OO. The van der Waals surface area contributed by atoms with Gasteiger partial charge >= 0.3 is 0 Å². The van der Waals surface area contributed by atoms with Crippen molar-refractivity contribution in [2.45, 2.75) is 103 Å². The molecule has 5 atom stereocenters. The maximum absolute atomic E-state index is 13.2. The Labute approximate surface area is 256 Å². The summed E-state index contributed by atoms with van der Waals surface area (Å²) in [6.45, 7) is 9.29. The number of rotatable bonds is 13. The number of hydrogen-bond acceptors (Lipinski definition) is 8. The van der Waals surface area contributed by atoms with Gasteiger partial charge < -0.3 is 25.5 Å². The van der Waals surface area contributed by atoms with Gasteiger partial charge in [0, 0.05) is 31.2 Å². The highest BCUT2D eigenvalue weighted by Crippen LogP contribution is 2.38. The van der Waals surface area contributed by atoms with Crippen molar-refractivity contribution < 1.29 is 29.3 Å². The van der Waals surface area contributed by atoms with Crippen molar-refractivity contribution in [1.29, 1.82) is 0 Å². The number of benzene rings is 1. The van der Waals surface area contributed by atoms with Gasteiger partial charge in [0.05, 0.1) is 43.4 Å². The average molecular weight is 601 g/mol. The number of nitrogens with zero attached hydrogens (tertiary/aromatic N) is 1. The largest absolute Gasteiger partial charge is 0.472 e. The molecule has 43 heavy (non-hydrogen) atoms. The zero-order valence-electron chi connectivity index (χ0n) is 26.2. The molecule has 1 saturated carbocycles. The molecule has 5 unspecified atom stereocenters. The van der Waals surface area contributed by atoms with E-state index in [-0.39, 0.29) is 36.5 Å². The molecule has 0 spiro atoms. The zero-order chi connectivity index (χ0) is 31.2. The van der Waals surface area contributed by atoms with Gasteiger partial charge in [-0.25, -0.2) is 4.89 Å². The highest BCUT2D eigenvalue weighted by molar-refractivity contribution is 5.82. The first-order valence-corrected chi connectivity index (χ1v) is 15.7. The van der Waals surface area contributed by atoms with Crippen molar-refractivity contribution >= 4 is 11.8 Å². The summed E-state index contributed by atoms with van der Waals surface area (Å²) in [4.78, 5) is 32.0. The molecular weight excluding hydrogens is 548 g/mol. The summed E-state index contributed by atoms with van der Waals surface area (Å²) in [6, 6.07) is 11.1. The molecule has 1 saturated heterocycles. The molecular formula is C33H52N4O6. The van der Waals surface area contributed by atoms with Crippen LogP contribution in [0.2, 0.25) is 0 Å². The van der Waals surface area contributed by atoms with Crippen molar-refractivity contribution in [1.82, 2.24) is 20.9 Å². The zero-order valence-corrected chi connectivity index (χ0v) is 26.2. The van der Waals surface area contributed by atoms with Gasteiger partial charge in [-0.3, -0.25) is 19.7 Å². The average Bonchev–Trinajstić information content (AvgIpc) is 3.50. The van der Waals surface area contributed by atoms with Crippen LogP contribution in [0.1, 0.15) is 70.9 Å². The number of piperidine rings is 1. The molecule has 1 aromatic carbocycles. The van der Waals surface area contributed by atoms with Gasteiger partial charge in [-0.05, 0) is 70.4 Å². The van der Waals surface area contributed by atoms with E-state index in [2.05, 4.69) is 25.7 Å². The number of carbonyl (C=O) groups is 2. The lowest BCUT2D eigenvalue weighted by molar-refractivity contribution is -0.269. The molecule has 1 aliphatic heterocycles. The monoisotopic (exact) mass is 600 g/mol. The maximum Gasteiger partial charge on any atom is 0.237 e. The third-order valence-electron chi connectivity index (χ3n) is 8.17. The highest BCUT2D eigenvalue weighted by atomic mass is 17.1. The smallest absolute Gasteiger partial charge is 0.237 e. The second-order valence-electron chi connectivity index (χ2n) is 12.5. The van der Waals surface area contributed by atoms with Crippen LogP contribution in [-0.4, -0.2) is 77.0 Å². The first-order chi connectivity index (χ1) is 20.7. The van der Waals surface area contributed by atoms with Crippen molar-refractivity contribution in [3.8, 4) is 0 Å². The Morgan fingerprint density at radius 2 is 1.72 bits per heavy atom. The van der Waals surface area contributed by atoms with Gasteiger partial charge in [0.15, 0.2) is 0 Å². The fraction of sp³-hybridized carbons (Fsp3) is 0.636. The Balaban J connectivity index is 0.000000934. The van der Waals surface area contributed by atoms with Crippen LogP contribution in [0.15, 0.2) is 53.3 Å². The molecule has 0 bridgehead atoms. The maximum atomic E-state index is 13.2. The van der Waals surface area contributed by atoms with Gasteiger partial charge in [-0.15, -0.1) is 0 Å². The van der Waals surface area contributed by atoms with Gasteiger partial charge in [-0.2, -0.15) is 0 Å². The van der Waals surface area contributed by atoms with Gasteiger partial charge in [0.25, 0.3) is 0 Å². The van der Waals surface area contributed by atoms with Crippen LogP contribution in [0.25, 0.3) is 0 Å². The van der Waals surface area contributed by atoms with E-state index in [1.807, 2.05) is 50.2 Å². The van der Waals surface area contributed by atoms with E-state index >= 15 is 0 Å². The summed E-state index contributed by atoms with van der Waals surface area (Å²) < 4.78 is 5.08. The fourth-order valence-electron chi connectivity index (χ4n) is 6.04. The van der Waals surface area contributed by atoms with E-state index in [0.717, 1.165) is 24.1 Å². The van der Waals surface area contributed by atoms with E-state index in [1.54, 1.807) is 26.4 Å². The third kappa shape index (κ3) is 12.0. The molecule has 2 aliphatic rings. The Hall–Kier alpha value is -2.76. The normalized spacial score (nSPS) is 21.8. The summed E-state index contributed by atoms with van der Waals surface area (Å²) >= 11 is 0. The van der Waals surface area contributed by atoms with Gasteiger partial charge in [0.1, 0.15) is 0 Å². The minimum Gasteiger partial charge on any atom is -0.472 e. The van der Waals surface area contributed by atoms with Crippen LogP contribution in [0.4, 0.5) is 0 Å². The van der Waals surface area contributed by atoms with Crippen LogP contribution < -0.4 is 16.0 Å². The lowest BCUT2D eigenvalue weighted by Crippen LogP contribution is -2.59. The lowest BCUT2D eigenvalue weighted by atomic mass is 9.72. The highest BCUT2D eigenvalue weighted by Gasteiger charge is 2.41. The molecule has 10 heteroatoms. The number of furan rings is 1. The Morgan fingerprint density at radius 1 is 1.02 bits per heavy atom. The van der Waals surface area contributed by atoms with E-state index in [1.165, 1.54) is 25.7 Å². The first-order valence-electron chi connectivity index (χ1n) is 15.7. The molecule has 5 N–H and O–H groups in total. The number of amides is 2. The number of nitrogens with one attached hydrogen (secondary N) is 3. The second-order valence-corrected chi connectivity index (χ2v) is 12.5. The van der Waals surface area contributed by atoms with Crippen molar-refractivity contribution in [2.24, 2.45) is 11.8 Å². The van der Waals surface area contributed by atoms with Crippen LogP contribution in [0.5, 0.6) is 0 Å². The summed E-state index contributed by atoms with van der Waals surface area (Å²) in [6.07, 6.45) is 8.57. The minimum atomic E-state index is -0.817. The van der Waals surface area contributed by atoms with Crippen LogP contribution >= 0.6 is 0 Å². The number of likely N-dealkylation sites (tertiary alicyclic amines) is 1. The van der Waals surface area contributed by atoms with E-state index in [9.17, 15) is 14.7 Å². The topological polar surface area (TPSA) is 136 Å². The number of aliphatic hydroxyl groups excluding tert-OH is 1. The van der Waals surface area contributed by atoms with Crippen molar-refractivity contribution in [3.63, 3.8) is 0 Å². The van der Waals surface area contributed by atoms with Gasteiger partial charge in [-0.1, -0.05) is 49.6 Å². The summed E-state index contributed by atoms with van der Waals surface area (Å²) in [5.41, 5.74) is 2.01. The number of carbonyl (C=O) groups excluding carboxylic acids is 2. The Kier molecular flexibility index (Phi) is 14.7. The van der Waals surface area contributed by atoms with Crippen LogP contribution in [0.3, 0.4) is 0 Å². The van der Waals surface area contributed by atoms with Crippen LogP contribution in [-0.2, 0) is 27.4 Å². The number of hydrogen-bond donors (Lipinski definition) is 5. The predicted molar refractivity (Wildman–Crippen MR) is 166 cm³/mol. The van der Waals surface area contributed by atoms with Gasteiger partial charge in [0.2, 0.25) is 11.8 Å². The molecule has 4 rings (SSSR count). The lowest BCUT2D eigenvalue weighted by Gasteiger charge is -2.46. The molecule has 2 fully saturated rings. The van der Waals surface area contributed by atoms with E-state index in [4.69, 9.17) is 9.67 Å². The van der Waals surface area contributed by atoms with Crippen molar-refractivity contribution in [2.75, 3.05) is 19.6 Å². The first kappa shape index (κ1) is 34.7. The number of aliphatic hydroxyl groups is 1. The van der Waals surface area contributed by atoms with Crippen LogP contribution in [0, 0.1) is 11.8 Å². The molecule has 1 aliphatic carbocycles. The summed E-state index contributed by atoms with van der Waals surface area (Å²) in [7, 11) is 0. The molecule has 2 amide bonds. The molecule has 10 nitrogen and oxygen atoms in total. The molecule has 0 radical (unpaired) electrons. The molecule has 240 valence electrons. The van der Waals surface area contributed by atoms with E-state index in [0.29, 0.717) is 31.3 Å². The third-order valence-corrected chi connectivity index (χ3v) is 8.17. The Morgan fingerprint density at radius 3 is 2.35 bits per heavy atom. The fourth-order valence-corrected chi connectivity index (χ4v) is 6.04. The quantitative estimate of drug-likeness (QED) is 0.173. The Bertz CT molecular complexity index is 1060. The predicted octanol–water partition coefficient (Wildman–Crippen LogP) is 3.75. The van der Waals surface area contributed by atoms with E-state index < -0.39 is 12.1 Å². The summed E-state index contributed by atoms with van der Waals surface area (Å²) in [5.74, 6) is 1.01. The minimum absolute atomic E-state index is 0.0447. The molecule has 1 aromatic heterocycles.